The van der Waals surface area contributed by atoms with Crippen molar-refractivity contribution < 1.29 is 9.53 Å². The lowest BCUT2D eigenvalue weighted by Crippen LogP contribution is -2.52. The molecule has 0 aliphatic carbocycles. The summed E-state index contributed by atoms with van der Waals surface area (Å²) in [4.78, 5) is 25.7. The minimum Gasteiger partial charge on any atom is -0.365 e. The van der Waals surface area contributed by atoms with Crippen LogP contribution in [0.1, 0.15) is 5.56 Å². The Labute approximate surface area is 149 Å². The molecule has 1 unspecified atom stereocenters. The zero-order valence-electron chi connectivity index (χ0n) is 13.6. The van der Waals surface area contributed by atoms with Gasteiger partial charge in [-0.1, -0.05) is 0 Å². The van der Waals surface area contributed by atoms with E-state index in [4.69, 9.17) is 4.74 Å². The third-order valence-corrected chi connectivity index (χ3v) is 6.50. The summed E-state index contributed by atoms with van der Waals surface area (Å²) in [6.07, 6.45) is 1.22. The Morgan fingerprint density at radius 3 is 2.96 bits per heavy atom. The van der Waals surface area contributed by atoms with E-state index in [1.807, 2.05) is 16.7 Å². The van der Waals surface area contributed by atoms with Gasteiger partial charge in [0.1, 0.15) is 12.1 Å². The molecule has 4 heterocycles. The van der Waals surface area contributed by atoms with E-state index in [1.165, 1.54) is 5.56 Å². The maximum atomic E-state index is 12.7. The van der Waals surface area contributed by atoms with Crippen LogP contribution in [0.4, 0.5) is 5.82 Å². The number of carbonyl (C=O) groups excluding carboxylic acids is 1. The third kappa shape index (κ3) is 2.98. The zero-order chi connectivity index (χ0) is 16.5. The van der Waals surface area contributed by atoms with E-state index >= 15 is 0 Å². The van der Waals surface area contributed by atoms with Crippen molar-refractivity contribution >= 4 is 45.0 Å². The Morgan fingerprint density at radius 1 is 1.29 bits per heavy atom. The molecule has 0 aromatic carbocycles. The number of rotatable bonds is 2. The highest BCUT2D eigenvalue weighted by atomic mass is 32.2. The van der Waals surface area contributed by atoms with Gasteiger partial charge in [0.25, 0.3) is 5.91 Å². The van der Waals surface area contributed by atoms with E-state index in [9.17, 15) is 4.79 Å². The number of amides is 1. The van der Waals surface area contributed by atoms with Gasteiger partial charge < -0.3 is 14.5 Å². The van der Waals surface area contributed by atoms with Gasteiger partial charge in [-0.05, 0) is 17.9 Å². The Kier molecular flexibility index (Phi) is 4.60. The van der Waals surface area contributed by atoms with Crippen LogP contribution in [0.25, 0.3) is 10.2 Å². The summed E-state index contributed by atoms with van der Waals surface area (Å²) < 4.78 is 6.88. The molecule has 2 fully saturated rings. The minimum absolute atomic E-state index is 0.118. The van der Waals surface area contributed by atoms with Crippen LogP contribution in [0.2, 0.25) is 0 Å². The lowest BCUT2D eigenvalue weighted by molar-refractivity contribution is -0.144. The quantitative estimate of drug-likeness (QED) is 0.810. The lowest BCUT2D eigenvalue weighted by Gasteiger charge is -2.36. The molecule has 24 heavy (non-hydrogen) atoms. The molecule has 0 bridgehead atoms. The number of fused-ring (bicyclic) bond motifs is 1. The Hall–Kier alpha value is -1.38. The predicted molar refractivity (Wildman–Crippen MR) is 98.0 cm³/mol. The molecule has 128 valence electrons. The van der Waals surface area contributed by atoms with E-state index in [0.29, 0.717) is 13.2 Å². The molecule has 4 rings (SSSR count). The molecular weight excluding hydrogens is 344 g/mol. The Morgan fingerprint density at radius 2 is 2.12 bits per heavy atom. The SMILES string of the molecule is Cc1csc2c(N3CCOC(C(=O)N4CCSCC4)C3)ncnc12. The Balaban J connectivity index is 1.54. The normalized spacial score (nSPS) is 22.1. The van der Waals surface area contributed by atoms with Gasteiger partial charge in [-0.15, -0.1) is 11.3 Å². The molecule has 8 heteroatoms. The molecule has 2 saturated heterocycles. The van der Waals surface area contributed by atoms with Crippen LogP contribution < -0.4 is 4.90 Å². The summed E-state index contributed by atoms with van der Waals surface area (Å²) in [6, 6.07) is 0. The van der Waals surface area contributed by atoms with E-state index in [-0.39, 0.29) is 5.91 Å². The number of nitrogens with zero attached hydrogens (tertiary/aromatic N) is 4. The summed E-state index contributed by atoms with van der Waals surface area (Å²) in [5.74, 6) is 3.08. The molecule has 1 amide bonds. The topological polar surface area (TPSA) is 58.6 Å². The standard InChI is InChI=1S/C16H20N4O2S2/c1-11-9-24-14-13(11)17-10-18-15(14)20-2-5-22-12(8-20)16(21)19-3-6-23-7-4-19/h9-10,12H,2-8H2,1H3. The van der Waals surface area contributed by atoms with E-state index < -0.39 is 6.10 Å². The van der Waals surface area contributed by atoms with Crippen molar-refractivity contribution in [2.75, 3.05) is 49.2 Å². The molecule has 2 aliphatic rings. The third-order valence-electron chi connectivity index (χ3n) is 4.48. The maximum absolute atomic E-state index is 12.7. The van der Waals surface area contributed by atoms with E-state index in [2.05, 4.69) is 27.2 Å². The highest BCUT2D eigenvalue weighted by Gasteiger charge is 2.32. The van der Waals surface area contributed by atoms with Crippen LogP contribution in [-0.2, 0) is 9.53 Å². The average Bonchev–Trinajstić information content (AvgIpc) is 3.03. The van der Waals surface area contributed by atoms with Crippen molar-refractivity contribution in [2.24, 2.45) is 0 Å². The zero-order valence-corrected chi connectivity index (χ0v) is 15.2. The summed E-state index contributed by atoms with van der Waals surface area (Å²) in [5, 5.41) is 2.11. The number of hydrogen-bond donors (Lipinski definition) is 0. The van der Waals surface area contributed by atoms with Gasteiger partial charge in [-0.25, -0.2) is 9.97 Å². The van der Waals surface area contributed by atoms with Crippen LogP contribution in [0.15, 0.2) is 11.7 Å². The van der Waals surface area contributed by atoms with Crippen molar-refractivity contribution in [1.29, 1.82) is 0 Å². The number of thioether (sulfide) groups is 1. The molecule has 0 spiro atoms. The first-order valence-electron chi connectivity index (χ1n) is 8.16. The summed E-state index contributed by atoms with van der Waals surface area (Å²) >= 11 is 3.57. The molecule has 2 aromatic rings. The van der Waals surface area contributed by atoms with Crippen LogP contribution in [-0.4, -0.2) is 71.2 Å². The highest BCUT2D eigenvalue weighted by Crippen LogP contribution is 2.31. The average molecular weight is 364 g/mol. The highest BCUT2D eigenvalue weighted by molar-refractivity contribution is 7.99. The monoisotopic (exact) mass is 364 g/mol. The van der Waals surface area contributed by atoms with Crippen LogP contribution in [0.3, 0.4) is 0 Å². The van der Waals surface area contributed by atoms with E-state index in [0.717, 1.165) is 47.2 Å². The van der Waals surface area contributed by atoms with Crippen LogP contribution in [0.5, 0.6) is 0 Å². The first-order chi connectivity index (χ1) is 11.7. The summed E-state index contributed by atoms with van der Waals surface area (Å²) in [5.41, 5.74) is 2.18. The fraction of sp³-hybridized carbons (Fsp3) is 0.562. The van der Waals surface area contributed by atoms with E-state index in [1.54, 1.807) is 17.7 Å². The fourth-order valence-corrected chi connectivity index (χ4v) is 5.08. The van der Waals surface area contributed by atoms with Gasteiger partial charge >= 0.3 is 0 Å². The molecule has 0 saturated carbocycles. The molecule has 0 N–H and O–H groups in total. The predicted octanol–water partition coefficient (Wildman–Crippen LogP) is 1.78. The van der Waals surface area contributed by atoms with Crippen LogP contribution >= 0.6 is 23.1 Å². The first kappa shape index (κ1) is 16.1. The fourth-order valence-electron chi connectivity index (χ4n) is 3.16. The summed E-state index contributed by atoms with van der Waals surface area (Å²) in [7, 11) is 0. The molecular formula is C16H20N4O2S2. The number of morpholine rings is 1. The lowest BCUT2D eigenvalue weighted by atomic mass is 10.2. The van der Waals surface area contributed by atoms with Gasteiger partial charge in [-0.2, -0.15) is 11.8 Å². The molecule has 1 atom stereocenters. The van der Waals surface area contributed by atoms with Crippen LogP contribution in [0, 0.1) is 6.92 Å². The second-order valence-corrected chi connectivity index (χ2v) is 8.14. The number of carbonyl (C=O) groups is 1. The molecule has 2 aliphatic heterocycles. The minimum atomic E-state index is -0.395. The van der Waals surface area contributed by atoms with Crippen molar-refractivity contribution in [3.8, 4) is 0 Å². The second kappa shape index (κ2) is 6.85. The second-order valence-electron chi connectivity index (χ2n) is 6.04. The number of anilines is 1. The molecule has 2 aromatic heterocycles. The number of aryl methyl sites for hydroxylation is 1. The summed E-state index contributed by atoms with van der Waals surface area (Å²) in [6.45, 7) is 5.58. The molecule has 0 radical (unpaired) electrons. The van der Waals surface area contributed by atoms with Crippen molar-refractivity contribution in [2.45, 2.75) is 13.0 Å². The number of hydrogen-bond acceptors (Lipinski definition) is 7. The van der Waals surface area contributed by atoms with Gasteiger partial charge in [0.15, 0.2) is 6.10 Å². The van der Waals surface area contributed by atoms with Gasteiger partial charge in [-0.3, -0.25) is 4.79 Å². The number of ether oxygens (including phenoxy) is 1. The van der Waals surface area contributed by atoms with Gasteiger partial charge in [0, 0.05) is 31.1 Å². The molecule has 6 nitrogen and oxygen atoms in total. The van der Waals surface area contributed by atoms with Gasteiger partial charge in [0.2, 0.25) is 0 Å². The number of aromatic nitrogens is 2. The maximum Gasteiger partial charge on any atom is 0.253 e. The smallest absolute Gasteiger partial charge is 0.253 e. The number of thiophene rings is 1. The van der Waals surface area contributed by atoms with Gasteiger partial charge in [0.05, 0.1) is 23.4 Å². The van der Waals surface area contributed by atoms with Crippen molar-refractivity contribution in [3.05, 3.63) is 17.3 Å². The first-order valence-corrected chi connectivity index (χ1v) is 10.2. The largest absolute Gasteiger partial charge is 0.365 e. The van der Waals surface area contributed by atoms with Crippen molar-refractivity contribution in [3.63, 3.8) is 0 Å². The van der Waals surface area contributed by atoms with Crippen molar-refractivity contribution in [1.82, 2.24) is 14.9 Å². The Bertz CT molecular complexity index is 745.